The lowest BCUT2D eigenvalue weighted by molar-refractivity contribution is 0.288. The SMILES string of the molecule is N#CC1(c2ccccc2)CC(Nc2c(F)cccc2F)C1. The van der Waals surface area contributed by atoms with Gasteiger partial charge in [-0.25, -0.2) is 8.78 Å². The van der Waals surface area contributed by atoms with Crippen LogP contribution in [0.2, 0.25) is 0 Å². The third-order valence-electron chi connectivity index (χ3n) is 4.04. The van der Waals surface area contributed by atoms with E-state index in [1.807, 2.05) is 30.3 Å². The van der Waals surface area contributed by atoms with Gasteiger partial charge < -0.3 is 5.32 Å². The summed E-state index contributed by atoms with van der Waals surface area (Å²) in [6.45, 7) is 0. The van der Waals surface area contributed by atoms with E-state index in [-0.39, 0.29) is 11.7 Å². The molecule has 1 aliphatic carbocycles. The summed E-state index contributed by atoms with van der Waals surface area (Å²) in [6.07, 6.45) is 1.09. The number of nitrogens with one attached hydrogen (secondary N) is 1. The van der Waals surface area contributed by atoms with Gasteiger partial charge in [0.25, 0.3) is 0 Å². The Balaban J connectivity index is 1.75. The molecule has 1 aliphatic rings. The van der Waals surface area contributed by atoms with Crippen LogP contribution in [0.4, 0.5) is 14.5 Å². The zero-order valence-electron chi connectivity index (χ0n) is 11.3. The third-order valence-corrected chi connectivity index (χ3v) is 4.04. The van der Waals surface area contributed by atoms with E-state index in [0.29, 0.717) is 12.8 Å². The second kappa shape index (κ2) is 5.17. The van der Waals surface area contributed by atoms with Crippen LogP contribution in [0.25, 0.3) is 0 Å². The number of anilines is 1. The highest BCUT2D eigenvalue weighted by atomic mass is 19.1. The molecule has 0 unspecified atom stereocenters. The average molecular weight is 284 g/mol. The molecule has 1 fully saturated rings. The van der Waals surface area contributed by atoms with E-state index in [1.54, 1.807) is 0 Å². The lowest BCUT2D eigenvalue weighted by Gasteiger charge is -2.43. The van der Waals surface area contributed by atoms with Crippen molar-refractivity contribution in [1.29, 1.82) is 5.26 Å². The molecule has 0 aromatic heterocycles. The van der Waals surface area contributed by atoms with E-state index in [1.165, 1.54) is 18.2 Å². The molecule has 1 saturated carbocycles. The van der Waals surface area contributed by atoms with Gasteiger partial charge in [-0.05, 0) is 30.5 Å². The molecule has 1 N–H and O–H groups in total. The van der Waals surface area contributed by atoms with Crippen LogP contribution in [0.15, 0.2) is 48.5 Å². The van der Waals surface area contributed by atoms with Gasteiger partial charge in [-0.2, -0.15) is 5.26 Å². The molecule has 106 valence electrons. The van der Waals surface area contributed by atoms with Crippen LogP contribution in [0.1, 0.15) is 18.4 Å². The molecule has 4 heteroatoms. The molecule has 3 rings (SSSR count). The van der Waals surface area contributed by atoms with E-state index in [4.69, 9.17) is 0 Å². The summed E-state index contributed by atoms with van der Waals surface area (Å²) in [5, 5.41) is 12.3. The minimum absolute atomic E-state index is 0.101. The highest BCUT2D eigenvalue weighted by Crippen LogP contribution is 2.44. The monoisotopic (exact) mass is 284 g/mol. The number of halogens is 2. The Labute approximate surface area is 122 Å². The first-order valence-corrected chi connectivity index (χ1v) is 6.82. The molecular formula is C17H14F2N2. The van der Waals surface area contributed by atoms with Crippen molar-refractivity contribution in [2.45, 2.75) is 24.3 Å². The van der Waals surface area contributed by atoms with E-state index < -0.39 is 17.0 Å². The summed E-state index contributed by atoms with van der Waals surface area (Å²) in [6, 6.07) is 15.6. The van der Waals surface area contributed by atoms with Crippen molar-refractivity contribution >= 4 is 5.69 Å². The van der Waals surface area contributed by atoms with Crippen LogP contribution in [0.5, 0.6) is 0 Å². The van der Waals surface area contributed by atoms with Gasteiger partial charge in [0.15, 0.2) is 0 Å². The molecule has 2 aromatic rings. The van der Waals surface area contributed by atoms with Crippen molar-refractivity contribution in [3.8, 4) is 6.07 Å². The normalized spacial score (nSPS) is 24.0. The maximum Gasteiger partial charge on any atom is 0.149 e. The van der Waals surface area contributed by atoms with Gasteiger partial charge in [0.05, 0.1) is 11.5 Å². The van der Waals surface area contributed by atoms with Crippen LogP contribution in [-0.2, 0) is 5.41 Å². The molecular weight excluding hydrogens is 270 g/mol. The van der Waals surface area contributed by atoms with Crippen LogP contribution in [0.3, 0.4) is 0 Å². The molecule has 21 heavy (non-hydrogen) atoms. The van der Waals surface area contributed by atoms with Crippen LogP contribution in [0, 0.1) is 23.0 Å². The lowest BCUT2D eigenvalue weighted by Crippen LogP contribution is -2.47. The Morgan fingerprint density at radius 2 is 1.62 bits per heavy atom. The number of rotatable bonds is 3. The van der Waals surface area contributed by atoms with Gasteiger partial charge in [-0.15, -0.1) is 0 Å². The van der Waals surface area contributed by atoms with Gasteiger partial charge >= 0.3 is 0 Å². The van der Waals surface area contributed by atoms with Crippen molar-refractivity contribution in [3.63, 3.8) is 0 Å². The molecule has 0 radical (unpaired) electrons. The van der Waals surface area contributed by atoms with Gasteiger partial charge in [0.2, 0.25) is 0 Å². The molecule has 0 atom stereocenters. The van der Waals surface area contributed by atoms with E-state index >= 15 is 0 Å². The van der Waals surface area contributed by atoms with Crippen molar-refractivity contribution in [2.24, 2.45) is 0 Å². The van der Waals surface area contributed by atoms with Gasteiger partial charge in [0.1, 0.15) is 17.3 Å². The van der Waals surface area contributed by atoms with Gasteiger partial charge in [0, 0.05) is 6.04 Å². The fraction of sp³-hybridized carbons (Fsp3) is 0.235. The number of benzene rings is 2. The largest absolute Gasteiger partial charge is 0.377 e. The molecule has 0 aliphatic heterocycles. The molecule has 0 saturated heterocycles. The fourth-order valence-electron chi connectivity index (χ4n) is 2.87. The molecule has 2 nitrogen and oxygen atoms in total. The van der Waals surface area contributed by atoms with Crippen molar-refractivity contribution in [3.05, 3.63) is 65.7 Å². The zero-order chi connectivity index (χ0) is 14.9. The lowest BCUT2D eigenvalue weighted by atomic mass is 9.62. The summed E-state index contributed by atoms with van der Waals surface area (Å²) in [7, 11) is 0. The van der Waals surface area contributed by atoms with Crippen LogP contribution < -0.4 is 5.32 Å². The molecule has 0 spiro atoms. The maximum absolute atomic E-state index is 13.6. The topological polar surface area (TPSA) is 35.8 Å². The fourth-order valence-corrected chi connectivity index (χ4v) is 2.87. The molecule has 2 aromatic carbocycles. The highest BCUT2D eigenvalue weighted by Gasteiger charge is 2.46. The number of para-hydroxylation sites is 1. The Kier molecular flexibility index (Phi) is 3.34. The summed E-state index contributed by atoms with van der Waals surface area (Å²) < 4.78 is 27.2. The van der Waals surface area contributed by atoms with E-state index in [0.717, 1.165) is 5.56 Å². The predicted octanol–water partition coefficient (Wildman–Crippen LogP) is 4.00. The predicted molar refractivity (Wildman–Crippen MR) is 76.7 cm³/mol. The minimum atomic E-state index is -0.607. The summed E-state index contributed by atoms with van der Waals surface area (Å²) in [5.41, 5.74) is 0.294. The number of hydrogen-bond donors (Lipinski definition) is 1. The van der Waals surface area contributed by atoms with Crippen molar-refractivity contribution in [1.82, 2.24) is 0 Å². The number of hydrogen-bond acceptors (Lipinski definition) is 2. The zero-order valence-corrected chi connectivity index (χ0v) is 11.3. The first-order valence-electron chi connectivity index (χ1n) is 6.82. The van der Waals surface area contributed by atoms with E-state index in [9.17, 15) is 14.0 Å². The Morgan fingerprint density at radius 1 is 1.00 bits per heavy atom. The van der Waals surface area contributed by atoms with Gasteiger partial charge in [-0.1, -0.05) is 36.4 Å². The second-order valence-electron chi connectivity index (χ2n) is 5.41. The Morgan fingerprint density at radius 3 is 2.19 bits per heavy atom. The standard InChI is InChI=1S/C17H14F2N2/c18-14-7-4-8-15(19)16(14)21-13-9-17(10-13,11-20)12-5-2-1-3-6-12/h1-8,13,21H,9-10H2. The second-order valence-corrected chi connectivity index (χ2v) is 5.41. The van der Waals surface area contributed by atoms with E-state index in [2.05, 4.69) is 11.4 Å². The Hall–Kier alpha value is -2.41. The van der Waals surface area contributed by atoms with Crippen LogP contribution in [-0.4, -0.2) is 6.04 Å². The Bertz CT molecular complexity index is 665. The van der Waals surface area contributed by atoms with Crippen molar-refractivity contribution < 1.29 is 8.78 Å². The quantitative estimate of drug-likeness (QED) is 0.924. The third kappa shape index (κ3) is 2.36. The first kappa shape index (κ1) is 13.6. The number of nitrogens with zero attached hydrogens (tertiary/aromatic N) is 1. The summed E-state index contributed by atoms with van der Waals surface area (Å²) in [4.78, 5) is 0. The smallest absolute Gasteiger partial charge is 0.149 e. The number of nitriles is 1. The first-order chi connectivity index (χ1) is 10.1. The molecule has 0 heterocycles. The molecule has 0 bridgehead atoms. The summed E-state index contributed by atoms with van der Waals surface area (Å²) in [5.74, 6) is -1.21. The maximum atomic E-state index is 13.6. The van der Waals surface area contributed by atoms with Crippen LogP contribution >= 0.6 is 0 Å². The van der Waals surface area contributed by atoms with Gasteiger partial charge in [-0.3, -0.25) is 0 Å². The summed E-state index contributed by atoms with van der Waals surface area (Å²) >= 11 is 0. The minimum Gasteiger partial charge on any atom is -0.377 e. The highest BCUT2D eigenvalue weighted by molar-refractivity contribution is 5.49. The van der Waals surface area contributed by atoms with Crippen molar-refractivity contribution in [2.75, 3.05) is 5.32 Å². The molecule has 0 amide bonds. The average Bonchev–Trinajstić information content (AvgIpc) is 2.46.